The molecule has 0 bridgehead atoms. The number of H-pyrrole nitrogens is 1. The number of hydrogen-bond acceptors (Lipinski definition) is 4. The normalized spacial score (nSPS) is 11.0. The second kappa shape index (κ2) is 9.10. The number of aromatic amines is 1. The van der Waals surface area contributed by atoms with Gasteiger partial charge < -0.3 is 9.72 Å². The Morgan fingerprint density at radius 3 is 2.19 bits per heavy atom. The molecule has 156 valence electrons. The number of ether oxygens (including phenoxy) is 1. The molecule has 0 saturated carbocycles. The first kappa shape index (κ1) is 20.8. The molecule has 0 aliphatic heterocycles. The van der Waals surface area contributed by atoms with Gasteiger partial charge >= 0.3 is 5.97 Å². The van der Waals surface area contributed by atoms with Crippen LogP contribution in [-0.2, 0) is 11.3 Å². The molecule has 1 heterocycles. The minimum absolute atomic E-state index is 0.140. The topological polar surface area (TPSA) is 64.1 Å². The van der Waals surface area contributed by atoms with E-state index in [0.29, 0.717) is 27.8 Å². The Morgan fingerprint density at radius 2 is 1.61 bits per heavy atom. The van der Waals surface area contributed by atoms with Crippen LogP contribution in [0.3, 0.4) is 0 Å². The molecule has 0 atom stereocenters. The van der Waals surface area contributed by atoms with Crippen molar-refractivity contribution < 1.29 is 9.53 Å². The summed E-state index contributed by atoms with van der Waals surface area (Å²) >= 11 is 5.48. The van der Waals surface area contributed by atoms with Gasteiger partial charge in [-0.2, -0.15) is 0 Å². The van der Waals surface area contributed by atoms with Gasteiger partial charge in [-0.25, -0.2) is 4.79 Å². The predicted molar refractivity (Wildman–Crippen MR) is 124 cm³/mol. The van der Waals surface area contributed by atoms with Gasteiger partial charge in [-0.1, -0.05) is 60.7 Å². The fourth-order valence-corrected chi connectivity index (χ4v) is 4.14. The van der Waals surface area contributed by atoms with Gasteiger partial charge in [-0.05, 0) is 48.0 Å². The average molecular weight is 431 g/mol. The van der Waals surface area contributed by atoms with E-state index in [1.165, 1.54) is 18.2 Å². The molecule has 0 fully saturated rings. The zero-order valence-corrected chi connectivity index (χ0v) is 17.9. The largest absolute Gasteiger partial charge is 0.465 e. The first-order valence-corrected chi connectivity index (χ1v) is 10.4. The fraction of sp³-hybridized carbons (Fsp3) is 0.160. The van der Waals surface area contributed by atoms with Crippen molar-refractivity contribution in [2.75, 3.05) is 7.11 Å². The molecule has 31 heavy (non-hydrogen) atoms. The summed E-state index contributed by atoms with van der Waals surface area (Å²) in [6.07, 6.45) is 0.719. The lowest BCUT2D eigenvalue weighted by atomic mass is 9.88. The molecule has 0 unspecified atom stereocenters. The SMILES string of the molecule is COC(=O)c1ccc2c(=O)n(CCC(c3ccccc3)c3ccccc3)c(=S)[nH]c2c1. The van der Waals surface area contributed by atoms with Gasteiger partial charge in [0.25, 0.3) is 5.56 Å². The maximum atomic E-state index is 13.1. The molecule has 3 aromatic carbocycles. The van der Waals surface area contributed by atoms with E-state index >= 15 is 0 Å². The summed E-state index contributed by atoms with van der Waals surface area (Å²) in [4.78, 5) is 28.0. The third kappa shape index (κ3) is 4.34. The van der Waals surface area contributed by atoms with Crippen LogP contribution in [0.2, 0.25) is 0 Å². The van der Waals surface area contributed by atoms with Crippen molar-refractivity contribution in [3.05, 3.63) is 111 Å². The Labute approximate surface area is 184 Å². The van der Waals surface area contributed by atoms with E-state index in [9.17, 15) is 9.59 Å². The lowest BCUT2D eigenvalue weighted by Gasteiger charge is -2.19. The van der Waals surface area contributed by atoms with Crippen molar-refractivity contribution in [1.29, 1.82) is 0 Å². The molecular weight excluding hydrogens is 408 g/mol. The second-order valence-corrected chi connectivity index (χ2v) is 7.69. The maximum absolute atomic E-state index is 13.1. The van der Waals surface area contributed by atoms with Crippen LogP contribution < -0.4 is 5.56 Å². The van der Waals surface area contributed by atoms with Gasteiger partial charge in [0.2, 0.25) is 0 Å². The fourth-order valence-electron chi connectivity index (χ4n) is 3.86. The van der Waals surface area contributed by atoms with E-state index in [1.807, 2.05) is 36.4 Å². The lowest BCUT2D eigenvalue weighted by molar-refractivity contribution is 0.0601. The molecule has 0 radical (unpaired) electrons. The van der Waals surface area contributed by atoms with Crippen LogP contribution in [0.15, 0.2) is 83.7 Å². The van der Waals surface area contributed by atoms with Crippen molar-refractivity contribution in [3.8, 4) is 0 Å². The first-order chi connectivity index (χ1) is 15.1. The van der Waals surface area contributed by atoms with E-state index < -0.39 is 5.97 Å². The highest BCUT2D eigenvalue weighted by atomic mass is 32.1. The second-order valence-electron chi connectivity index (χ2n) is 7.30. The number of benzene rings is 3. The summed E-state index contributed by atoms with van der Waals surface area (Å²) in [5, 5.41) is 0.484. The van der Waals surface area contributed by atoms with Crippen molar-refractivity contribution in [1.82, 2.24) is 9.55 Å². The van der Waals surface area contributed by atoms with Crippen LogP contribution in [0, 0.1) is 4.77 Å². The summed E-state index contributed by atoms with van der Waals surface area (Å²) in [6, 6.07) is 25.4. The molecule has 6 heteroatoms. The molecule has 4 aromatic rings. The number of carbonyl (C=O) groups is 1. The van der Waals surface area contributed by atoms with Crippen LogP contribution in [0.25, 0.3) is 10.9 Å². The Hall–Kier alpha value is -3.51. The standard InChI is InChI=1S/C25H22N2O3S/c1-30-24(29)19-12-13-21-22(16-19)26-25(31)27(23(21)28)15-14-20(17-8-4-2-5-9-17)18-10-6-3-7-11-18/h2-13,16,20H,14-15H2,1H3,(H,26,31). The number of carbonyl (C=O) groups excluding carboxylic acids is 1. The summed E-state index contributed by atoms with van der Waals surface area (Å²) < 4.78 is 6.68. The van der Waals surface area contributed by atoms with Crippen molar-refractivity contribution in [3.63, 3.8) is 0 Å². The van der Waals surface area contributed by atoms with Crippen LogP contribution in [0.4, 0.5) is 0 Å². The Kier molecular flexibility index (Phi) is 6.09. The number of aromatic nitrogens is 2. The number of fused-ring (bicyclic) bond motifs is 1. The third-order valence-electron chi connectivity index (χ3n) is 5.45. The predicted octanol–water partition coefficient (Wildman–Crippen LogP) is 5.07. The summed E-state index contributed by atoms with van der Waals surface area (Å²) in [7, 11) is 1.32. The molecule has 0 aliphatic carbocycles. The van der Waals surface area contributed by atoms with Gasteiger partial charge in [0.15, 0.2) is 4.77 Å². The van der Waals surface area contributed by atoms with Crippen LogP contribution in [-0.4, -0.2) is 22.6 Å². The Balaban J connectivity index is 1.69. The first-order valence-electron chi connectivity index (χ1n) is 10.0. The van der Waals surface area contributed by atoms with Crippen LogP contribution >= 0.6 is 12.2 Å². The van der Waals surface area contributed by atoms with Crippen molar-refractivity contribution >= 4 is 29.1 Å². The smallest absolute Gasteiger partial charge is 0.337 e. The van der Waals surface area contributed by atoms with Gasteiger partial charge in [-0.3, -0.25) is 9.36 Å². The highest BCUT2D eigenvalue weighted by Gasteiger charge is 2.16. The highest BCUT2D eigenvalue weighted by molar-refractivity contribution is 7.71. The number of rotatable bonds is 6. The number of methoxy groups -OCH3 is 1. The number of nitrogens with zero attached hydrogens (tertiary/aromatic N) is 1. The van der Waals surface area contributed by atoms with Gasteiger partial charge in [0, 0.05) is 12.5 Å². The van der Waals surface area contributed by atoms with E-state index in [4.69, 9.17) is 17.0 Å². The summed E-state index contributed by atoms with van der Waals surface area (Å²) in [5.74, 6) is -0.319. The van der Waals surface area contributed by atoms with Gasteiger partial charge in [-0.15, -0.1) is 0 Å². The number of nitrogens with one attached hydrogen (secondary N) is 1. The van der Waals surface area contributed by atoms with Crippen molar-refractivity contribution in [2.45, 2.75) is 18.9 Å². The molecule has 5 nitrogen and oxygen atoms in total. The number of esters is 1. The van der Waals surface area contributed by atoms with Gasteiger partial charge in [0.1, 0.15) is 0 Å². The molecular formula is C25H22N2O3S. The minimum Gasteiger partial charge on any atom is -0.465 e. The zero-order chi connectivity index (χ0) is 21.8. The minimum atomic E-state index is -0.459. The third-order valence-corrected chi connectivity index (χ3v) is 5.77. The molecule has 0 aliphatic rings. The quantitative estimate of drug-likeness (QED) is 0.343. The van der Waals surface area contributed by atoms with E-state index in [-0.39, 0.29) is 11.5 Å². The average Bonchev–Trinajstić information content (AvgIpc) is 2.81. The molecule has 1 N–H and O–H groups in total. The Bertz CT molecular complexity index is 1290. The molecule has 0 saturated heterocycles. The highest BCUT2D eigenvalue weighted by Crippen LogP contribution is 2.28. The molecule has 0 amide bonds. The van der Waals surface area contributed by atoms with E-state index in [2.05, 4.69) is 29.2 Å². The van der Waals surface area contributed by atoms with Crippen LogP contribution in [0.5, 0.6) is 0 Å². The van der Waals surface area contributed by atoms with E-state index in [1.54, 1.807) is 22.8 Å². The molecule has 0 spiro atoms. The zero-order valence-electron chi connectivity index (χ0n) is 17.1. The maximum Gasteiger partial charge on any atom is 0.337 e. The van der Waals surface area contributed by atoms with Gasteiger partial charge in [0.05, 0.1) is 23.6 Å². The molecule has 1 aromatic heterocycles. The Morgan fingerprint density at radius 1 is 1.00 bits per heavy atom. The van der Waals surface area contributed by atoms with Crippen molar-refractivity contribution in [2.24, 2.45) is 0 Å². The van der Waals surface area contributed by atoms with E-state index in [0.717, 1.165) is 6.42 Å². The van der Waals surface area contributed by atoms with Crippen LogP contribution in [0.1, 0.15) is 33.8 Å². The summed E-state index contributed by atoms with van der Waals surface area (Å²) in [5.41, 5.74) is 3.11. The lowest BCUT2D eigenvalue weighted by Crippen LogP contribution is -2.23. The summed E-state index contributed by atoms with van der Waals surface area (Å²) in [6.45, 7) is 0.470. The monoisotopic (exact) mass is 430 g/mol. The molecule has 4 rings (SSSR count). The number of hydrogen-bond donors (Lipinski definition) is 1.